The highest BCUT2D eigenvalue weighted by Crippen LogP contribution is 2.25. The number of rotatable bonds is 4. The molecular weight excluding hydrogens is 346 g/mol. The zero-order valence-corrected chi connectivity index (χ0v) is 13.0. The Labute approximate surface area is 138 Å². The van der Waals surface area contributed by atoms with Crippen LogP contribution in [0.5, 0.6) is 0 Å². The summed E-state index contributed by atoms with van der Waals surface area (Å²) in [5.41, 5.74) is 1.35. The van der Waals surface area contributed by atoms with Crippen molar-refractivity contribution in [2.45, 2.75) is 5.22 Å². The Kier molecular flexibility index (Phi) is 4.49. The number of amides is 1. The van der Waals surface area contributed by atoms with E-state index in [0.29, 0.717) is 21.3 Å². The van der Waals surface area contributed by atoms with Crippen molar-refractivity contribution >= 4 is 46.1 Å². The van der Waals surface area contributed by atoms with Gasteiger partial charge < -0.3 is 9.73 Å². The minimum absolute atomic E-state index is 0.0134. The van der Waals surface area contributed by atoms with Crippen LogP contribution < -0.4 is 5.32 Å². The highest BCUT2D eigenvalue weighted by molar-refractivity contribution is 7.99. The molecule has 1 amide bonds. The number of hydrogen-bond acceptors (Lipinski definition) is 4. The smallest absolute Gasteiger partial charge is 0.257 e. The Morgan fingerprint density at radius 3 is 2.83 bits per heavy atom. The summed E-state index contributed by atoms with van der Waals surface area (Å²) in [6.45, 7) is 0. The van der Waals surface area contributed by atoms with Crippen LogP contribution in [-0.2, 0) is 4.79 Å². The number of hydrogen-bond donors (Lipinski definition) is 1. The summed E-state index contributed by atoms with van der Waals surface area (Å²) >= 11 is 6.94. The third-order valence-electron chi connectivity index (χ3n) is 2.86. The van der Waals surface area contributed by atoms with Gasteiger partial charge in [0.05, 0.1) is 5.75 Å². The van der Waals surface area contributed by atoms with Gasteiger partial charge in [0.25, 0.3) is 5.22 Å². The van der Waals surface area contributed by atoms with Crippen molar-refractivity contribution in [1.29, 1.82) is 0 Å². The lowest BCUT2D eigenvalue weighted by Crippen LogP contribution is -2.14. The number of nitrogens with one attached hydrogen (secondary N) is 1. The molecule has 8 heteroatoms. The molecule has 0 fully saturated rings. The largest absolute Gasteiger partial charge is 0.431 e. The van der Waals surface area contributed by atoms with Crippen molar-refractivity contribution in [2.24, 2.45) is 0 Å². The monoisotopic (exact) mass is 354 g/mol. The summed E-state index contributed by atoms with van der Waals surface area (Å²) in [5, 5.41) is 3.32. The lowest BCUT2D eigenvalue weighted by atomic mass is 10.3. The fourth-order valence-corrected chi connectivity index (χ4v) is 2.64. The number of fused-ring (bicyclic) bond motifs is 1. The number of oxazole rings is 1. The SMILES string of the molecule is O=C(CSc1nc2ccc(Cl)cc2o1)Nc1ccc(F)c(F)c1. The van der Waals surface area contributed by atoms with Gasteiger partial charge in [-0.25, -0.2) is 13.8 Å². The number of carbonyl (C=O) groups excluding carboxylic acids is 1. The Balaban J connectivity index is 1.62. The highest BCUT2D eigenvalue weighted by Gasteiger charge is 2.11. The minimum atomic E-state index is -1.02. The Morgan fingerprint density at radius 1 is 1.22 bits per heavy atom. The van der Waals surface area contributed by atoms with Crippen molar-refractivity contribution in [3.63, 3.8) is 0 Å². The lowest BCUT2D eigenvalue weighted by molar-refractivity contribution is -0.113. The molecule has 0 spiro atoms. The molecule has 1 aromatic heterocycles. The van der Waals surface area contributed by atoms with Crippen LogP contribution >= 0.6 is 23.4 Å². The molecule has 3 rings (SSSR count). The van der Waals surface area contributed by atoms with E-state index in [4.69, 9.17) is 16.0 Å². The van der Waals surface area contributed by atoms with Crippen molar-refractivity contribution < 1.29 is 18.0 Å². The number of thioether (sulfide) groups is 1. The zero-order valence-electron chi connectivity index (χ0n) is 11.5. The molecule has 3 aromatic rings. The van der Waals surface area contributed by atoms with Gasteiger partial charge in [-0.3, -0.25) is 4.79 Å². The van der Waals surface area contributed by atoms with Crippen LogP contribution in [0, 0.1) is 11.6 Å². The van der Waals surface area contributed by atoms with E-state index in [1.165, 1.54) is 6.07 Å². The molecular formula is C15H9ClF2N2O2S. The molecule has 0 radical (unpaired) electrons. The Hall–Kier alpha value is -2.12. The first-order chi connectivity index (χ1) is 11.0. The second-order valence-electron chi connectivity index (χ2n) is 4.56. The van der Waals surface area contributed by atoms with E-state index in [1.807, 2.05) is 0 Å². The van der Waals surface area contributed by atoms with Crippen LogP contribution in [0.4, 0.5) is 14.5 Å². The molecule has 0 atom stereocenters. The fraction of sp³-hybridized carbons (Fsp3) is 0.0667. The first-order valence-electron chi connectivity index (χ1n) is 6.45. The van der Waals surface area contributed by atoms with Crippen LogP contribution in [0.25, 0.3) is 11.1 Å². The molecule has 118 valence electrons. The van der Waals surface area contributed by atoms with E-state index in [2.05, 4.69) is 10.3 Å². The molecule has 0 saturated heterocycles. The molecule has 0 aliphatic carbocycles. The second-order valence-corrected chi connectivity index (χ2v) is 5.92. The number of benzene rings is 2. The predicted molar refractivity (Wildman–Crippen MR) is 84.7 cm³/mol. The summed E-state index contributed by atoms with van der Waals surface area (Å²) in [4.78, 5) is 16.0. The molecule has 0 unspecified atom stereocenters. The average molecular weight is 355 g/mol. The normalized spacial score (nSPS) is 10.9. The Morgan fingerprint density at radius 2 is 2.04 bits per heavy atom. The van der Waals surface area contributed by atoms with Crippen molar-refractivity contribution in [1.82, 2.24) is 4.98 Å². The maximum Gasteiger partial charge on any atom is 0.257 e. The lowest BCUT2D eigenvalue weighted by Gasteiger charge is -2.04. The molecule has 0 aliphatic heterocycles. The zero-order chi connectivity index (χ0) is 16.4. The molecule has 1 heterocycles. The van der Waals surface area contributed by atoms with Gasteiger partial charge in [0.2, 0.25) is 5.91 Å². The first-order valence-corrected chi connectivity index (χ1v) is 7.81. The van der Waals surface area contributed by atoms with Gasteiger partial charge in [-0.15, -0.1) is 0 Å². The third-order valence-corrected chi connectivity index (χ3v) is 3.92. The summed E-state index contributed by atoms with van der Waals surface area (Å²) in [6.07, 6.45) is 0. The minimum Gasteiger partial charge on any atom is -0.431 e. The van der Waals surface area contributed by atoms with E-state index in [9.17, 15) is 13.6 Å². The average Bonchev–Trinajstić information content (AvgIpc) is 2.91. The summed E-state index contributed by atoms with van der Waals surface area (Å²) in [7, 11) is 0. The number of anilines is 1. The summed E-state index contributed by atoms with van der Waals surface area (Å²) < 4.78 is 31.3. The van der Waals surface area contributed by atoms with Crippen molar-refractivity contribution in [2.75, 3.05) is 11.1 Å². The summed E-state index contributed by atoms with van der Waals surface area (Å²) in [5.74, 6) is -2.37. The van der Waals surface area contributed by atoms with Gasteiger partial charge in [-0.1, -0.05) is 23.4 Å². The van der Waals surface area contributed by atoms with Gasteiger partial charge in [0.1, 0.15) is 5.52 Å². The number of carbonyl (C=O) groups is 1. The van der Waals surface area contributed by atoms with Crippen molar-refractivity contribution in [3.05, 3.63) is 53.1 Å². The maximum atomic E-state index is 13.1. The standard InChI is InChI=1S/C15H9ClF2N2O2S/c16-8-1-4-12-13(5-8)22-15(20-12)23-7-14(21)19-9-2-3-10(17)11(18)6-9/h1-6H,7H2,(H,19,21). The number of aromatic nitrogens is 1. The van der Waals surface area contributed by atoms with E-state index >= 15 is 0 Å². The van der Waals surface area contributed by atoms with Gasteiger partial charge in [-0.05, 0) is 24.3 Å². The van der Waals surface area contributed by atoms with Crippen molar-refractivity contribution in [3.8, 4) is 0 Å². The molecule has 23 heavy (non-hydrogen) atoms. The van der Waals surface area contributed by atoms with E-state index in [-0.39, 0.29) is 17.3 Å². The van der Waals surface area contributed by atoms with Crippen LogP contribution in [0.3, 0.4) is 0 Å². The molecule has 0 bridgehead atoms. The first kappa shape index (κ1) is 15.8. The van der Waals surface area contributed by atoms with Gasteiger partial charge in [0, 0.05) is 22.8 Å². The third kappa shape index (κ3) is 3.80. The van der Waals surface area contributed by atoms with E-state index in [1.54, 1.807) is 18.2 Å². The van der Waals surface area contributed by atoms with Crippen LogP contribution in [-0.4, -0.2) is 16.6 Å². The second kappa shape index (κ2) is 6.55. The molecule has 0 saturated carbocycles. The van der Waals surface area contributed by atoms with E-state index in [0.717, 1.165) is 23.9 Å². The number of halogens is 3. The van der Waals surface area contributed by atoms with Gasteiger partial charge >= 0.3 is 0 Å². The van der Waals surface area contributed by atoms with Crippen LogP contribution in [0.2, 0.25) is 5.02 Å². The highest BCUT2D eigenvalue weighted by atomic mass is 35.5. The van der Waals surface area contributed by atoms with Crippen LogP contribution in [0.1, 0.15) is 0 Å². The maximum absolute atomic E-state index is 13.1. The quantitative estimate of drug-likeness (QED) is 0.701. The Bertz CT molecular complexity index is 885. The predicted octanol–water partition coefficient (Wildman–Crippen LogP) is 4.49. The van der Waals surface area contributed by atoms with Gasteiger partial charge in [-0.2, -0.15) is 0 Å². The summed E-state index contributed by atoms with van der Waals surface area (Å²) in [6, 6.07) is 8.18. The molecule has 1 N–H and O–H groups in total. The molecule has 4 nitrogen and oxygen atoms in total. The van der Waals surface area contributed by atoms with Crippen LogP contribution in [0.15, 0.2) is 46.0 Å². The molecule has 2 aromatic carbocycles. The topological polar surface area (TPSA) is 55.1 Å². The number of nitrogens with zero attached hydrogens (tertiary/aromatic N) is 1. The fourth-order valence-electron chi connectivity index (χ4n) is 1.84. The van der Waals surface area contributed by atoms with Gasteiger partial charge in [0.15, 0.2) is 17.2 Å². The van der Waals surface area contributed by atoms with E-state index < -0.39 is 11.6 Å². The molecule has 0 aliphatic rings.